The number of nitrogens with one attached hydrogen (secondary N) is 1. The zero-order valence-corrected chi connectivity index (χ0v) is 10.0. The molecule has 0 saturated heterocycles. The van der Waals surface area contributed by atoms with Crippen LogP contribution in [-0.4, -0.2) is 18.7 Å². The Labute approximate surface area is 97.0 Å². The summed E-state index contributed by atoms with van der Waals surface area (Å²) in [5.74, 6) is 0.839. The molecule has 2 atom stereocenters. The molecule has 1 N–H and O–H groups in total. The van der Waals surface area contributed by atoms with E-state index in [1.807, 2.05) is 44.2 Å². The van der Waals surface area contributed by atoms with Crippen LogP contribution in [0.2, 0.25) is 0 Å². The fourth-order valence-corrected chi connectivity index (χ4v) is 1.55. The lowest BCUT2D eigenvalue weighted by Gasteiger charge is -2.25. The van der Waals surface area contributed by atoms with Crippen LogP contribution in [0.4, 0.5) is 0 Å². The van der Waals surface area contributed by atoms with Gasteiger partial charge in [0.05, 0.1) is 12.2 Å². The van der Waals surface area contributed by atoms with Crippen LogP contribution in [-0.2, 0) is 0 Å². The molecule has 0 fully saturated rings. The van der Waals surface area contributed by atoms with Crippen LogP contribution in [0, 0.1) is 11.3 Å². The van der Waals surface area contributed by atoms with Crippen molar-refractivity contribution in [2.75, 3.05) is 7.05 Å². The summed E-state index contributed by atoms with van der Waals surface area (Å²) < 4.78 is 5.72. The zero-order chi connectivity index (χ0) is 12.0. The first-order valence-electron chi connectivity index (χ1n) is 5.41. The van der Waals surface area contributed by atoms with Gasteiger partial charge in [-0.25, -0.2) is 0 Å². The Kier molecular flexibility index (Phi) is 4.33. The number of nitriles is 1. The van der Waals surface area contributed by atoms with Crippen molar-refractivity contribution in [2.24, 2.45) is 0 Å². The highest BCUT2D eigenvalue weighted by molar-refractivity contribution is 5.21. The second kappa shape index (κ2) is 5.53. The van der Waals surface area contributed by atoms with Crippen LogP contribution in [0.25, 0.3) is 0 Å². The van der Waals surface area contributed by atoms with Crippen molar-refractivity contribution >= 4 is 0 Å². The monoisotopic (exact) mass is 218 g/mol. The fourth-order valence-electron chi connectivity index (χ4n) is 1.55. The van der Waals surface area contributed by atoms with Gasteiger partial charge in [0.25, 0.3) is 0 Å². The molecule has 1 aromatic rings. The molecular formula is C13H18N2O. The molecule has 86 valence electrons. The van der Waals surface area contributed by atoms with Crippen molar-refractivity contribution in [3.8, 4) is 11.8 Å². The molecule has 0 amide bonds. The van der Waals surface area contributed by atoms with Gasteiger partial charge in [-0.05, 0) is 33.0 Å². The second-order valence-electron chi connectivity index (χ2n) is 4.14. The largest absolute Gasteiger partial charge is 0.491 e. The normalized spacial score (nSPS) is 15.9. The van der Waals surface area contributed by atoms with Crippen LogP contribution < -0.4 is 10.1 Å². The molecule has 0 spiro atoms. The predicted molar refractivity (Wildman–Crippen MR) is 64.2 cm³/mol. The zero-order valence-electron chi connectivity index (χ0n) is 10.0. The summed E-state index contributed by atoms with van der Waals surface area (Å²) in [7, 11) is 1.79. The van der Waals surface area contributed by atoms with Gasteiger partial charge >= 0.3 is 0 Å². The third-order valence-corrected chi connectivity index (χ3v) is 2.57. The van der Waals surface area contributed by atoms with E-state index in [0.29, 0.717) is 6.42 Å². The van der Waals surface area contributed by atoms with Gasteiger partial charge in [-0.2, -0.15) is 5.26 Å². The van der Waals surface area contributed by atoms with Crippen LogP contribution in [0.1, 0.15) is 20.3 Å². The lowest BCUT2D eigenvalue weighted by atomic mass is 9.97. The van der Waals surface area contributed by atoms with Crippen molar-refractivity contribution in [3.05, 3.63) is 30.3 Å². The summed E-state index contributed by atoms with van der Waals surface area (Å²) in [5.41, 5.74) is -0.534. The lowest BCUT2D eigenvalue weighted by Crippen LogP contribution is -2.41. The van der Waals surface area contributed by atoms with Gasteiger partial charge < -0.3 is 10.1 Å². The summed E-state index contributed by atoms with van der Waals surface area (Å²) in [6.45, 7) is 3.85. The minimum atomic E-state index is -0.534. The molecule has 0 aliphatic rings. The SMILES string of the molecule is CNC(C)(C#N)CC(C)Oc1ccccc1. The van der Waals surface area contributed by atoms with Gasteiger partial charge in [-0.15, -0.1) is 0 Å². The molecule has 3 heteroatoms. The first kappa shape index (κ1) is 12.5. The summed E-state index contributed by atoms with van der Waals surface area (Å²) in [6.07, 6.45) is 0.647. The summed E-state index contributed by atoms with van der Waals surface area (Å²) in [6, 6.07) is 11.9. The molecule has 3 nitrogen and oxygen atoms in total. The van der Waals surface area contributed by atoms with Gasteiger partial charge in [0.1, 0.15) is 11.3 Å². The average Bonchev–Trinajstić information content (AvgIpc) is 2.30. The molecule has 1 rings (SSSR count). The second-order valence-corrected chi connectivity index (χ2v) is 4.14. The minimum absolute atomic E-state index is 0.000463. The molecule has 0 bridgehead atoms. The van der Waals surface area contributed by atoms with Crippen LogP contribution >= 0.6 is 0 Å². The first-order chi connectivity index (χ1) is 7.59. The summed E-state index contributed by atoms with van der Waals surface area (Å²) in [5, 5.41) is 12.0. The van der Waals surface area contributed by atoms with Gasteiger partial charge in [0, 0.05) is 6.42 Å². The van der Waals surface area contributed by atoms with E-state index in [2.05, 4.69) is 11.4 Å². The molecular weight excluding hydrogens is 200 g/mol. The standard InChI is InChI=1S/C13H18N2O/c1-11(9-13(2,10-14)15-3)16-12-7-5-4-6-8-12/h4-8,11,15H,9H2,1-3H3. The van der Waals surface area contributed by atoms with Crippen molar-refractivity contribution in [1.29, 1.82) is 5.26 Å². The van der Waals surface area contributed by atoms with Crippen LogP contribution in [0.5, 0.6) is 5.75 Å². The third kappa shape index (κ3) is 3.56. The molecule has 0 aliphatic heterocycles. The van der Waals surface area contributed by atoms with E-state index in [-0.39, 0.29) is 6.10 Å². The van der Waals surface area contributed by atoms with Gasteiger partial charge in [0.2, 0.25) is 0 Å². The molecule has 0 heterocycles. The van der Waals surface area contributed by atoms with Crippen molar-refractivity contribution in [2.45, 2.75) is 31.9 Å². The van der Waals surface area contributed by atoms with E-state index in [1.165, 1.54) is 0 Å². The highest BCUT2D eigenvalue weighted by Gasteiger charge is 2.24. The Morgan fingerprint density at radius 3 is 2.56 bits per heavy atom. The molecule has 2 unspecified atom stereocenters. The Bertz CT molecular complexity index is 358. The van der Waals surface area contributed by atoms with Gasteiger partial charge in [0.15, 0.2) is 0 Å². The summed E-state index contributed by atoms with van der Waals surface area (Å²) in [4.78, 5) is 0. The van der Waals surface area contributed by atoms with Crippen LogP contribution in [0.15, 0.2) is 30.3 Å². The van der Waals surface area contributed by atoms with Gasteiger partial charge in [-0.1, -0.05) is 18.2 Å². The van der Waals surface area contributed by atoms with Crippen LogP contribution in [0.3, 0.4) is 0 Å². The first-order valence-corrected chi connectivity index (χ1v) is 5.41. The Balaban J connectivity index is 2.55. The van der Waals surface area contributed by atoms with Crippen molar-refractivity contribution in [1.82, 2.24) is 5.32 Å². The van der Waals surface area contributed by atoms with E-state index in [9.17, 15) is 0 Å². The smallest absolute Gasteiger partial charge is 0.119 e. The van der Waals surface area contributed by atoms with Crippen molar-refractivity contribution in [3.63, 3.8) is 0 Å². The van der Waals surface area contributed by atoms with E-state index in [1.54, 1.807) is 7.05 Å². The number of benzene rings is 1. The quantitative estimate of drug-likeness (QED) is 0.825. The number of para-hydroxylation sites is 1. The number of hydrogen-bond acceptors (Lipinski definition) is 3. The third-order valence-electron chi connectivity index (χ3n) is 2.57. The molecule has 0 aromatic heterocycles. The van der Waals surface area contributed by atoms with E-state index >= 15 is 0 Å². The van der Waals surface area contributed by atoms with Crippen molar-refractivity contribution < 1.29 is 4.74 Å². The topological polar surface area (TPSA) is 45.0 Å². The molecule has 0 radical (unpaired) electrons. The Morgan fingerprint density at radius 2 is 2.06 bits per heavy atom. The van der Waals surface area contributed by atoms with E-state index in [0.717, 1.165) is 5.75 Å². The highest BCUT2D eigenvalue weighted by atomic mass is 16.5. The fraction of sp³-hybridized carbons (Fsp3) is 0.462. The lowest BCUT2D eigenvalue weighted by molar-refractivity contribution is 0.183. The number of hydrogen-bond donors (Lipinski definition) is 1. The maximum absolute atomic E-state index is 9.03. The van der Waals surface area contributed by atoms with E-state index in [4.69, 9.17) is 10.00 Å². The number of ether oxygens (including phenoxy) is 1. The molecule has 16 heavy (non-hydrogen) atoms. The number of rotatable bonds is 5. The molecule has 1 aromatic carbocycles. The maximum atomic E-state index is 9.03. The Hall–Kier alpha value is -1.53. The maximum Gasteiger partial charge on any atom is 0.119 e. The predicted octanol–water partition coefficient (Wildman–Crippen LogP) is 2.35. The molecule has 0 aliphatic carbocycles. The average molecular weight is 218 g/mol. The van der Waals surface area contributed by atoms with E-state index < -0.39 is 5.54 Å². The summed E-state index contributed by atoms with van der Waals surface area (Å²) >= 11 is 0. The number of nitrogens with zero attached hydrogens (tertiary/aromatic N) is 1. The van der Waals surface area contributed by atoms with Gasteiger partial charge in [-0.3, -0.25) is 0 Å². The minimum Gasteiger partial charge on any atom is -0.491 e. The highest BCUT2D eigenvalue weighted by Crippen LogP contribution is 2.17. The Morgan fingerprint density at radius 1 is 1.44 bits per heavy atom. The molecule has 0 saturated carbocycles.